The van der Waals surface area contributed by atoms with Crippen LogP contribution in [0.2, 0.25) is 0 Å². The fourth-order valence-electron chi connectivity index (χ4n) is 1.30. The van der Waals surface area contributed by atoms with Crippen LogP contribution in [0, 0.1) is 11.6 Å². The summed E-state index contributed by atoms with van der Waals surface area (Å²) in [7, 11) is 0. The number of aromatic hydroxyl groups is 1. The first-order valence-electron chi connectivity index (χ1n) is 4.76. The second-order valence-corrected chi connectivity index (χ2v) is 3.34. The number of rotatable bonds is 4. The van der Waals surface area contributed by atoms with E-state index in [1.165, 1.54) is 0 Å². The second-order valence-electron chi connectivity index (χ2n) is 3.34. The van der Waals surface area contributed by atoms with Gasteiger partial charge in [0.15, 0.2) is 23.2 Å². The topological polar surface area (TPSA) is 86.7 Å². The lowest BCUT2D eigenvalue weighted by molar-refractivity contribution is 0.395. The van der Waals surface area contributed by atoms with Crippen LogP contribution in [0.3, 0.4) is 0 Å². The number of aromatic amines is 1. The van der Waals surface area contributed by atoms with Crippen molar-refractivity contribution >= 4 is 0 Å². The number of H-pyrrole nitrogens is 1. The first-order valence-corrected chi connectivity index (χ1v) is 4.76. The Hall–Kier alpha value is -2.09. The molecule has 0 spiro atoms. The predicted molar refractivity (Wildman–Crippen MR) is 52.7 cm³/mol. The number of phenols is 1. The fourth-order valence-corrected chi connectivity index (χ4v) is 1.30. The molecule has 0 saturated heterocycles. The highest BCUT2D eigenvalue weighted by molar-refractivity contribution is 5.29. The third kappa shape index (κ3) is 2.72. The van der Waals surface area contributed by atoms with Crippen molar-refractivity contribution < 1.29 is 13.9 Å². The number of nitrogens with zero attached hydrogens (tertiary/aromatic N) is 3. The molecule has 8 heteroatoms. The molecule has 0 aliphatic carbocycles. The maximum atomic E-state index is 13.0. The summed E-state index contributed by atoms with van der Waals surface area (Å²) in [6.45, 7) is 0.545. The van der Waals surface area contributed by atoms with E-state index in [2.05, 4.69) is 25.9 Å². The predicted octanol–water partition coefficient (Wildman–Crippen LogP) is 0.473. The summed E-state index contributed by atoms with van der Waals surface area (Å²) in [6, 6.07) is 2.11. The summed E-state index contributed by atoms with van der Waals surface area (Å²) in [4.78, 5) is 0. The monoisotopic (exact) mass is 241 g/mol. The summed E-state index contributed by atoms with van der Waals surface area (Å²) in [5, 5.41) is 24.8. The number of tetrazole rings is 1. The van der Waals surface area contributed by atoms with Gasteiger partial charge in [-0.05, 0) is 17.7 Å². The van der Waals surface area contributed by atoms with Gasteiger partial charge in [-0.3, -0.25) is 0 Å². The molecule has 3 N–H and O–H groups in total. The number of halogens is 2. The van der Waals surface area contributed by atoms with Crippen molar-refractivity contribution in [3.63, 3.8) is 0 Å². The van der Waals surface area contributed by atoms with Gasteiger partial charge in [0.2, 0.25) is 0 Å². The van der Waals surface area contributed by atoms with E-state index in [-0.39, 0.29) is 6.54 Å². The molecular formula is C9H9F2N5O. The lowest BCUT2D eigenvalue weighted by Gasteiger charge is -2.04. The standard InChI is InChI=1S/C9H9F2N5O/c10-6-1-5(2-7(11)9(6)17)3-12-4-8-13-15-16-14-8/h1-2,12,17H,3-4H2,(H,13,14,15,16). The number of hydrogen-bond acceptors (Lipinski definition) is 5. The van der Waals surface area contributed by atoms with Crippen LogP contribution in [0.15, 0.2) is 12.1 Å². The number of hydrogen-bond donors (Lipinski definition) is 3. The SMILES string of the molecule is Oc1c(F)cc(CNCc2nn[nH]n2)cc1F. The average Bonchev–Trinajstić information content (AvgIpc) is 2.79. The highest BCUT2D eigenvalue weighted by Crippen LogP contribution is 2.21. The first-order chi connectivity index (χ1) is 8.16. The van der Waals surface area contributed by atoms with Crippen LogP contribution in [-0.2, 0) is 13.1 Å². The van der Waals surface area contributed by atoms with Crippen LogP contribution in [0.25, 0.3) is 0 Å². The quantitative estimate of drug-likeness (QED) is 0.724. The van der Waals surface area contributed by atoms with Crippen molar-refractivity contribution in [1.82, 2.24) is 25.9 Å². The lowest BCUT2D eigenvalue weighted by Crippen LogP contribution is -2.14. The molecule has 0 amide bonds. The minimum absolute atomic E-state index is 0.225. The zero-order valence-corrected chi connectivity index (χ0v) is 8.61. The normalized spacial score (nSPS) is 10.7. The van der Waals surface area contributed by atoms with Gasteiger partial charge >= 0.3 is 0 Å². The van der Waals surface area contributed by atoms with Gasteiger partial charge in [-0.1, -0.05) is 5.21 Å². The summed E-state index contributed by atoms with van der Waals surface area (Å²) >= 11 is 0. The average molecular weight is 241 g/mol. The summed E-state index contributed by atoms with van der Waals surface area (Å²) in [5.41, 5.74) is 0.376. The Balaban J connectivity index is 1.95. The first kappa shape index (κ1) is 11.4. The number of phenolic OH excluding ortho intramolecular Hbond substituents is 1. The molecule has 0 saturated carbocycles. The van der Waals surface area contributed by atoms with Crippen LogP contribution in [0.1, 0.15) is 11.4 Å². The molecule has 1 aromatic carbocycles. The fraction of sp³-hybridized carbons (Fsp3) is 0.222. The van der Waals surface area contributed by atoms with Gasteiger partial charge < -0.3 is 10.4 Å². The summed E-state index contributed by atoms with van der Waals surface area (Å²) < 4.78 is 26.0. The zero-order chi connectivity index (χ0) is 12.3. The van der Waals surface area contributed by atoms with Crippen molar-refractivity contribution in [1.29, 1.82) is 0 Å². The van der Waals surface area contributed by atoms with Crippen molar-refractivity contribution in [2.45, 2.75) is 13.1 Å². The van der Waals surface area contributed by atoms with E-state index in [4.69, 9.17) is 5.11 Å². The molecular weight excluding hydrogens is 232 g/mol. The van der Waals surface area contributed by atoms with E-state index in [0.717, 1.165) is 12.1 Å². The number of benzene rings is 1. The third-order valence-corrected chi connectivity index (χ3v) is 2.08. The van der Waals surface area contributed by atoms with Crippen molar-refractivity contribution in [3.8, 4) is 5.75 Å². The van der Waals surface area contributed by atoms with Crippen LogP contribution < -0.4 is 5.32 Å². The van der Waals surface area contributed by atoms with Crippen molar-refractivity contribution in [3.05, 3.63) is 35.2 Å². The summed E-state index contributed by atoms with van der Waals surface area (Å²) in [5.74, 6) is -2.49. The lowest BCUT2D eigenvalue weighted by atomic mass is 10.2. The molecule has 2 aromatic rings. The van der Waals surface area contributed by atoms with Gasteiger partial charge in [0.05, 0.1) is 6.54 Å². The maximum Gasteiger partial charge on any atom is 0.188 e. The Morgan fingerprint density at radius 1 is 1.24 bits per heavy atom. The molecule has 0 radical (unpaired) electrons. The molecule has 0 atom stereocenters. The van der Waals surface area contributed by atoms with Crippen LogP contribution >= 0.6 is 0 Å². The van der Waals surface area contributed by atoms with E-state index < -0.39 is 17.4 Å². The van der Waals surface area contributed by atoms with E-state index in [0.29, 0.717) is 17.9 Å². The molecule has 0 aliphatic rings. The van der Waals surface area contributed by atoms with Gasteiger partial charge in [-0.15, -0.1) is 10.2 Å². The Bertz CT molecular complexity index is 479. The minimum Gasteiger partial charge on any atom is -0.503 e. The van der Waals surface area contributed by atoms with Crippen LogP contribution in [0.5, 0.6) is 5.75 Å². The summed E-state index contributed by atoms with van der Waals surface area (Å²) in [6.07, 6.45) is 0. The van der Waals surface area contributed by atoms with Crippen molar-refractivity contribution in [2.75, 3.05) is 0 Å². The molecule has 17 heavy (non-hydrogen) atoms. The molecule has 6 nitrogen and oxygen atoms in total. The highest BCUT2D eigenvalue weighted by Gasteiger charge is 2.09. The Morgan fingerprint density at radius 3 is 2.53 bits per heavy atom. The Labute approximate surface area is 94.7 Å². The molecule has 1 aromatic heterocycles. The molecule has 0 bridgehead atoms. The van der Waals surface area contributed by atoms with Gasteiger partial charge in [-0.25, -0.2) is 8.78 Å². The van der Waals surface area contributed by atoms with Gasteiger partial charge in [0.25, 0.3) is 0 Å². The van der Waals surface area contributed by atoms with Crippen LogP contribution in [-0.4, -0.2) is 25.7 Å². The van der Waals surface area contributed by atoms with E-state index in [9.17, 15) is 8.78 Å². The third-order valence-electron chi connectivity index (χ3n) is 2.08. The molecule has 0 aliphatic heterocycles. The van der Waals surface area contributed by atoms with Gasteiger partial charge in [-0.2, -0.15) is 5.21 Å². The maximum absolute atomic E-state index is 13.0. The number of aromatic nitrogens is 4. The highest BCUT2D eigenvalue weighted by atomic mass is 19.1. The number of nitrogens with one attached hydrogen (secondary N) is 2. The van der Waals surface area contributed by atoms with E-state index >= 15 is 0 Å². The van der Waals surface area contributed by atoms with Gasteiger partial charge in [0, 0.05) is 6.54 Å². The molecule has 0 fully saturated rings. The molecule has 1 heterocycles. The molecule has 0 unspecified atom stereocenters. The largest absolute Gasteiger partial charge is 0.503 e. The van der Waals surface area contributed by atoms with Crippen LogP contribution in [0.4, 0.5) is 8.78 Å². The molecule has 90 valence electrons. The minimum atomic E-state index is -0.985. The second kappa shape index (κ2) is 4.83. The van der Waals surface area contributed by atoms with E-state index in [1.54, 1.807) is 0 Å². The molecule has 2 rings (SSSR count). The van der Waals surface area contributed by atoms with Crippen molar-refractivity contribution in [2.24, 2.45) is 0 Å². The zero-order valence-electron chi connectivity index (χ0n) is 8.61. The smallest absolute Gasteiger partial charge is 0.188 e. The Morgan fingerprint density at radius 2 is 1.94 bits per heavy atom. The Kier molecular flexibility index (Phi) is 3.24. The van der Waals surface area contributed by atoms with E-state index in [1.807, 2.05) is 0 Å². The van der Waals surface area contributed by atoms with Gasteiger partial charge in [0.1, 0.15) is 0 Å².